The van der Waals surface area contributed by atoms with Crippen LogP contribution in [0.5, 0.6) is 0 Å². The van der Waals surface area contributed by atoms with Crippen LogP contribution < -0.4 is 5.32 Å². The Kier molecular flexibility index (Phi) is 5.02. The number of nitrogens with one attached hydrogen (secondary N) is 1. The van der Waals surface area contributed by atoms with E-state index in [-0.39, 0.29) is 5.91 Å². The van der Waals surface area contributed by atoms with Crippen molar-refractivity contribution in [3.63, 3.8) is 0 Å². The van der Waals surface area contributed by atoms with Crippen molar-refractivity contribution in [2.24, 2.45) is 5.41 Å². The fourth-order valence-electron chi connectivity index (χ4n) is 6.33. The van der Waals surface area contributed by atoms with Crippen LogP contribution in [0.3, 0.4) is 0 Å². The number of nitrogens with zero attached hydrogens (tertiary/aromatic N) is 1. The van der Waals surface area contributed by atoms with Gasteiger partial charge in [0.2, 0.25) is 0 Å². The van der Waals surface area contributed by atoms with Gasteiger partial charge in [0.05, 0.1) is 0 Å². The molecule has 0 aromatic heterocycles. The molecule has 2 heterocycles. The molecular weight excluding hydrogens is 392 g/mol. The van der Waals surface area contributed by atoms with E-state index in [0.717, 1.165) is 29.6 Å². The van der Waals surface area contributed by atoms with E-state index in [2.05, 4.69) is 52.7 Å². The Labute approximate surface area is 190 Å². The van der Waals surface area contributed by atoms with Crippen molar-refractivity contribution in [2.45, 2.75) is 57.9 Å². The monoisotopic (exact) mass is 424 g/mol. The van der Waals surface area contributed by atoms with Crippen molar-refractivity contribution < 1.29 is 4.79 Å². The van der Waals surface area contributed by atoms with Crippen molar-refractivity contribution in [3.05, 3.63) is 76.9 Å². The highest BCUT2D eigenvalue weighted by molar-refractivity contribution is 6.24. The van der Waals surface area contributed by atoms with Gasteiger partial charge in [0.25, 0.3) is 5.91 Å². The van der Waals surface area contributed by atoms with Crippen LogP contribution in [0.15, 0.2) is 54.6 Å². The Hall–Kier alpha value is -2.65. The number of rotatable bonds is 4. The number of amides is 1. The number of carbonyl (C=O) groups is 1. The fourth-order valence-corrected chi connectivity index (χ4v) is 6.33. The second kappa shape index (κ2) is 8.04. The SMILES string of the molecule is O=C1Nc2ccc(Cc3ccc(CN4CCC5(CCCCC5)CC4)cc3)c3cccc1c23. The van der Waals surface area contributed by atoms with E-state index in [4.69, 9.17) is 0 Å². The number of hydrogen-bond acceptors (Lipinski definition) is 2. The van der Waals surface area contributed by atoms with Crippen molar-refractivity contribution in [2.75, 3.05) is 18.4 Å². The summed E-state index contributed by atoms with van der Waals surface area (Å²) in [6, 6.07) is 19.5. The predicted molar refractivity (Wildman–Crippen MR) is 131 cm³/mol. The first-order chi connectivity index (χ1) is 15.7. The van der Waals surface area contributed by atoms with Gasteiger partial charge in [0.1, 0.15) is 0 Å². The molecule has 3 aliphatic rings. The van der Waals surface area contributed by atoms with Gasteiger partial charge in [0.15, 0.2) is 0 Å². The minimum atomic E-state index is 0.0132. The molecule has 164 valence electrons. The summed E-state index contributed by atoms with van der Waals surface area (Å²) in [7, 11) is 0. The maximum absolute atomic E-state index is 12.2. The van der Waals surface area contributed by atoms with Crippen LogP contribution in [0, 0.1) is 5.41 Å². The van der Waals surface area contributed by atoms with Crippen LogP contribution in [0.25, 0.3) is 10.8 Å². The molecular formula is C29H32N2O. The fraction of sp³-hybridized carbons (Fsp3) is 0.414. The molecule has 0 radical (unpaired) electrons. The number of benzene rings is 3. The van der Waals surface area contributed by atoms with Crippen LogP contribution >= 0.6 is 0 Å². The minimum Gasteiger partial charge on any atom is -0.321 e. The maximum atomic E-state index is 12.2. The highest BCUT2D eigenvalue weighted by Gasteiger charge is 2.35. The molecule has 3 heteroatoms. The smallest absolute Gasteiger partial charge is 0.256 e. The number of hydrogen-bond donors (Lipinski definition) is 1. The number of anilines is 1. The lowest BCUT2D eigenvalue weighted by Gasteiger charge is -2.44. The molecule has 1 aliphatic carbocycles. The van der Waals surface area contributed by atoms with E-state index in [9.17, 15) is 4.79 Å². The standard InChI is InChI=1S/C29H32N2O/c32-28-25-6-4-5-24-23(11-12-26(30-28)27(24)25)19-21-7-9-22(10-8-21)20-31-17-15-29(16-18-31)13-2-1-3-14-29/h4-12H,1-3,13-20H2,(H,30,32). The largest absolute Gasteiger partial charge is 0.321 e. The summed E-state index contributed by atoms with van der Waals surface area (Å²) >= 11 is 0. The van der Waals surface area contributed by atoms with Gasteiger partial charge in [-0.2, -0.15) is 0 Å². The third-order valence-electron chi connectivity index (χ3n) is 8.28. The third kappa shape index (κ3) is 3.63. The topological polar surface area (TPSA) is 32.3 Å². The van der Waals surface area contributed by atoms with Crippen LogP contribution in [-0.4, -0.2) is 23.9 Å². The average molecular weight is 425 g/mol. The van der Waals surface area contributed by atoms with Gasteiger partial charge in [-0.25, -0.2) is 0 Å². The molecule has 1 saturated heterocycles. The molecule has 3 aromatic carbocycles. The zero-order valence-corrected chi connectivity index (χ0v) is 18.8. The molecule has 2 aliphatic heterocycles. The number of likely N-dealkylation sites (tertiary alicyclic amines) is 1. The summed E-state index contributed by atoms with van der Waals surface area (Å²) < 4.78 is 0. The molecule has 0 unspecified atom stereocenters. The Morgan fingerprint density at radius 3 is 2.34 bits per heavy atom. The van der Waals surface area contributed by atoms with Crippen molar-refractivity contribution in [3.8, 4) is 0 Å². The molecule has 32 heavy (non-hydrogen) atoms. The highest BCUT2D eigenvalue weighted by atomic mass is 16.1. The normalized spacial score (nSPS) is 20.1. The summed E-state index contributed by atoms with van der Waals surface area (Å²) in [5, 5.41) is 5.25. The first-order valence-electron chi connectivity index (χ1n) is 12.4. The molecule has 3 aromatic rings. The van der Waals surface area contributed by atoms with Crippen molar-refractivity contribution >= 4 is 22.4 Å². The van der Waals surface area contributed by atoms with E-state index in [1.807, 2.05) is 12.1 Å². The zero-order valence-electron chi connectivity index (χ0n) is 18.8. The maximum Gasteiger partial charge on any atom is 0.256 e. The summed E-state index contributed by atoms with van der Waals surface area (Å²) in [5.74, 6) is 0.0132. The Balaban J connectivity index is 1.13. The first kappa shape index (κ1) is 20.0. The molecule has 1 N–H and O–H groups in total. The third-order valence-corrected chi connectivity index (χ3v) is 8.28. The van der Waals surface area contributed by atoms with Crippen LogP contribution in [0.2, 0.25) is 0 Å². The minimum absolute atomic E-state index is 0.0132. The average Bonchev–Trinajstić information content (AvgIpc) is 3.16. The van der Waals surface area contributed by atoms with Crippen LogP contribution in [0.1, 0.15) is 72.0 Å². The van der Waals surface area contributed by atoms with Gasteiger partial charge in [-0.3, -0.25) is 9.69 Å². The molecule has 6 rings (SSSR count). The van der Waals surface area contributed by atoms with E-state index < -0.39 is 0 Å². The Bertz CT molecular complexity index is 1150. The lowest BCUT2D eigenvalue weighted by molar-refractivity contribution is 0.0641. The van der Waals surface area contributed by atoms with Gasteiger partial charge in [-0.15, -0.1) is 0 Å². The Morgan fingerprint density at radius 2 is 1.56 bits per heavy atom. The van der Waals surface area contributed by atoms with Gasteiger partial charge in [-0.05, 0) is 84.8 Å². The van der Waals surface area contributed by atoms with Crippen molar-refractivity contribution in [1.82, 2.24) is 4.90 Å². The van der Waals surface area contributed by atoms with E-state index in [1.54, 1.807) is 0 Å². The predicted octanol–water partition coefficient (Wildman–Crippen LogP) is 6.54. The lowest BCUT2D eigenvalue weighted by atomic mass is 9.68. The van der Waals surface area contributed by atoms with Crippen LogP contribution in [0.4, 0.5) is 5.69 Å². The molecule has 0 bridgehead atoms. The number of carbonyl (C=O) groups excluding carboxylic acids is 1. The molecule has 3 nitrogen and oxygen atoms in total. The zero-order chi connectivity index (χ0) is 21.5. The molecule has 0 atom stereocenters. The van der Waals surface area contributed by atoms with Gasteiger partial charge in [0, 0.05) is 23.2 Å². The second-order valence-electron chi connectivity index (χ2n) is 10.3. The van der Waals surface area contributed by atoms with Gasteiger partial charge in [-0.1, -0.05) is 61.7 Å². The highest BCUT2D eigenvalue weighted by Crippen LogP contribution is 2.44. The van der Waals surface area contributed by atoms with Crippen molar-refractivity contribution in [1.29, 1.82) is 0 Å². The van der Waals surface area contributed by atoms with Gasteiger partial charge < -0.3 is 5.32 Å². The quantitative estimate of drug-likeness (QED) is 0.515. The first-order valence-corrected chi connectivity index (χ1v) is 12.4. The van der Waals surface area contributed by atoms with E-state index in [0.29, 0.717) is 5.41 Å². The lowest BCUT2D eigenvalue weighted by Crippen LogP contribution is -2.40. The van der Waals surface area contributed by atoms with E-state index >= 15 is 0 Å². The second-order valence-corrected chi connectivity index (χ2v) is 10.3. The summed E-state index contributed by atoms with van der Waals surface area (Å²) in [6.45, 7) is 3.59. The van der Waals surface area contributed by atoms with Crippen LogP contribution in [-0.2, 0) is 13.0 Å². The summed E-state index contributed by atoms with van der Waals surface area (Å²) in [6.07, 6.45) is 11.0. The molecule has 1 amide bonds. The molecule has 1 spiro atoms. The summed E-state index contributed by atoms with van der Waals surface area (Å²) in [4.78, 5) is 14.8. The van der Waals surface area contributed by atoms with Gasteiger partial charge >= 0.3 is 0 Å². The molecule has 1 saturated carbocycles. The van der Waals surface area contributed by atoms with E-state index in [1.165, 1.54) is 80.1 Å². The number of piperidine rings is 1. The Morgan fingerprint density at radius 1 is 0.812 bits per heavy atom. The summed E-state index contributed by atoms with van der Waals surface area (Å²) in [5.41, 5.74) is 6.44. The molecule has 2 fully saturated rings.